The summed E-state index contributed by atoms with van der Waals surface area (Å²) in [7, 11) is 2.81. The number of carbonyl (C=O) groups excluding carboxylic acids is 4. The maximum Gasteiger partial charge on any atom is 0.238 e. The molecule has 4 atom stereocenters. The first-order valence-electron chi connectivity index (χ1n) is 13.0. The number of anilines is 1. The van der Waals surface area contributed by atoms with Crippen molar-refractivity contribution in [2.24, 2.45) is 17.8 Å². The fraction of sp³-hybridized carbons (Fsp3) is 0.290. The standard InChI is InChI=1S/C31H25BrClNO7/c1-13-4-5-15(10-21(13)33)34-30(38)17-7-6-16-18(26(17)31(34)39)11-19-27(22(35)12-20(32)28(19)36)25(16)14-8-23(40-2)29(37)24(9-14)41-3/h4-6,8-10,12,17-18,25-26,37H,7,11H2,1-3H3. The molecule has 1 N–H and O–H groups in total. The second-order valence-electron chi connectivity index (χ2n) is 10.6. The molecule has 210 valence electrons. The Morgan fingerprint density at radius 2 is 1.68 bits per heavy atom. The van der Waals surface area contributed by atoms with Crippen molar-refractivity contribution < 1.29 is 33.8 Å². The number of benzene rings is 2. The minimum absolute atomic E-state index is 0.138. The van der Waals surface area contributed by atoms with Crippen LogP contribution in [0.25, 0.3) is 0 Å². The van der Waals surface area contributed by atoms with Crippen molar-refractivity contribution in [3.63, 3.8) is 0 Å². The van der Waals surface area contributed by atoms with Crippen molar-refractivity contribution in [2.45, 2.75) is 25.7 Å². The van der Waals surface area contributed by atoms with Crippen LogP contribution in [0.1, 0.15) is 29.9 Å². The van der Waals surface area contributed by atoms with Crippen LogP contribution < -0.4 is 14.4 Å². The van der Waals surface area contributed by atoms with E-state index in [1.54, 1.807) is 30.3 Å². The first-order chi connectivity index (χ1) is 19.6. The molecule has 2 amide bonds. The molecule has 0 saturated carbocycles. The smallest absolute Gasteiger partial charge is 0.238 e. The molecular weight excluding hydrogens is 614 g/mol. The zero-order valence-electron chi connectivity index (χ0n) is 22.4. The van der Waals surface area contributed by atoms with Gasteiger partial charge in [0.05, 0.1) is 36.2 Å². The summed E-state index contributed by atoms with van der Waals surface area (Å²) in [6.45, 7) is 1.84. The molecule has 1 aliphatic heterocycles. The van der Waals surface area contributed by atoms with E-state index in [4.69, 9.17) is 21.1 Å². The van der Waals surface area contributed by atoms with Crippen LogP contribution in [0.4, 0.5) is 5.69 Å². The number of ketones is 2. The molecular formula is C31H25BrClNO7. The number of hydrogen-bond acceptors (Lipinski definition) is 7. The summed E-state index contributed by atoms with van der Waals surface area (Å²) in [5.74, 6) is -3.82. The number of rotatable bonds is 4. The van der Waals surface area contributed by atoms with Gasteiger partial charge in [0.2, 0.25) is 17.6 Å². The molecule has 2 aromatic carbocycles. The quantitative estimate of drug-likeness (QED) is 0.274. The molecule has 0 radical (unpaired) electrons. The molecule has 4 unspecified atom stereocenters. The number of Topliss-reactive ketones (excluding diaryl/α,β-unsaturated/α-hetero) is 1. The van der Waals surface area contributed by atoms with E-state index in [1.807, 2.05) is 13.0 Å². The van der Waals surface area contributed by atoms with Crippen molar-refractivity contribution in [1.29, 1.82) is 0 Å². The van der Waals surface area contributed by atoms with Crippen LogP contribution in [0.2, 0.25) is 5.02 Å². The number of aryl methyl sites for hydroxylation is 1. The molecule has 4 aliphatic rings. The second-order valence-corrected chi connectivity index (χ2v) is 11.9. The maximum atomic E-state index is 14.0. The predicted molar refractivity (Wildman–Crippen MR) is 154 cm³/mol. The minimum atomic E-state index is -0.729. The van der Waals surface area contributed by atoms with Crippen molar-refractivity contribution in [1.82, 2.24) is 0 Å². The Hall–Kier alpha value is -3.69. The van der Waals surface area contributed by atoms with Crippen LogP contribution in [0, 0.1) is 24.7 Å². The van der Waals surface area contributed by atoms with Crippen molar-refractivity contribution in [3.8, 4) is 17.2 Å². The van der Waals surface area contributed by atoms with Crippen LogP contribution in [0.5, 0.6) is 17.2 Å². The van der Waals surface area contributed by atoms with Gasteiger partial charge in [0.15, 0.2) is 23.1 Å². The Morgan fingerprint density at radius 3 is 2.32 bits per heavy atom. The van der Waals surface area contributed by atoms with Gasteiger partial charge in [0.1, 0.15) is 0 Å². The van der Waals surface area contributed by atoms with Gasteiger partial charge in [-0.3, -0.25) is 19.2 Å². The SMILES string of the molecule is COc1cc(C2C3=CCC4C(=O)N(c5ccc(C)c(Cl)c5)C(=O)C4C3CC3=C2C(=O)C=C(Br)C3=O)cc(OC)c1O. The third kappa shape index (κ3) is 4.08. The van der Waals surface area contributed by atoms with Crippen LogP contribution in [0.3, 0.4) is 0 Å². The van der Waals surface area contributed by atoms with Crippen LogP contribution in [-0.2, 0) is 19.2 Å². The molecule has 41 heavy (non-hydrogen) atoms. The lowest BCUT2D eigenvalue weighted by Crippen LogP contribution is -2.39. The number of hydrogen-bond donors (Lipinski definition) is 1. The average molecular weight is 639 g/mol. The second kappa shape index (κ2) is 9.99. The third-order valence-electron chi connectivity index (χ3n) is 8.58. The molecule has 1 fully saturated rings. The fourth-order valence-electron chi connectivity index (χ4n) is 6.64. The summed E-state index contributed by atoms with van der Waals surface area (Å²) >= 11 is 9.57. The number of methoxy groups -OCH3 is 2. The predicted octanol–water partition coefficient (Wildman–Crippen LogP) is 5.34. The van der Waals surface area contributed by atoms with Gasteiger partial charge in [-0.05, 0) is 77.0 Å². The van der Waals surface area contributed by atoms with Crippen LogP contribution in [-0.4, -0.2) is 42.7 Å². The number of nitrogens with zero attached hydrogens (tertiary/aromatic N) is 1. The maximum absolute atomic E-state index is 14.0. The number of ether oxygens (including phenoxy) is 2. The van der Waals surface area contributed by atoms with Gasteiger partial charge in [-0.25, -0.2) is 4.90 Å². The molecule has 2 aromatic rings. The van der Waals surface area contributed by atoms with Gasteiger partial charge in [-0.1, -0.05) is 29.3 Å². The lowest BCUT2D eigenvalue weighted by Gasteiger charge is -2.42. The first kappa shape index (κ1) is 27.5. The summed E-state index contributed by atoms with van der Waals surface area (Å²) in [4.78, 5) is 55.8. The first-order valence-corrected chi connectivity index (χ1v) is 14.2. The van der Waals surface area contributed by atoms with E-state index < -0.39 is 23.7 Å². The Kier molecular flexibility index (Phi) is 6.70. The highest BCUT2D eigenvalue weighted by Crippen LogP contribution is 2.56. The van der Waals surface area contributed by atoms with Crippen LogP contribution in [0.15, 0.2) is 63.7 Å². The Bertz CT molecular complexity index is 1650. The topological polar surface area (TPSA) is 110 Å². The molecule has 6 rings (SSSR count). The number of carbonyl (C=O) groups is 4. The molecule has 10 heteroatoms. The Balaban J connectivity index is 1.51. The highest BCUT2D eigenvalue weighted by molar-refractivity contribution is 9.12. The number of allylic oxidation sites excluding steroid dienone is 6. The number of imide groups is 1. The number of aromatic hydroxyl groups is 1. The van der Waals surface area contributed by atoms with Gasteiger partial charge in [-0.2, -0.15) is 0 Å². The molecule has 3 aliphatic carbocycles. The number of halogens is 2. The summed E-state index contributed by atoms with van der Waals surface area (Å²) in [5.41, 5.74) is 3.18. The van der Waals surface area contributed by atoms with E-state index in [1.165, 1.54) is 25.2 Å². The van der Waals surface area contributed by atoms with Crippen molar-refractivity contribution in [3.05, 3.63) is 79.8 Å². The lowest BCUT2D eigenvalue weighted by atomic mass is 9.59. The summed E-state index contributed by atoms with van der Waals surface area (Å²) in [6, 6.07) is 8.29. The average Bonchev–Trinajstić information content (AvgIpc) is 3.21. The van der Waals surface area contributed by atoms with E-state index in [0.29, 0.717) is 33.8 Å². The summed E-state index contributed by atoms with van der Waals surface area (Å²) < 4.78 is 10.9. The van der Waals surface area contributed by atoms with Gasteiger partial charge in [0, 0.05) is 28.2 Å². The van der Waals surface area contributed by atoms with Gasteiger partial charge in [-0.15, -0.1) is 0 Å². The van der Waals surface area contributed by atoms with Crippen molar-refractivity contribution in [2.75, 3.05) is 19.1 Å². The summed E-state index contributed by atoms with van der Waals surface area (Å²) in [5, 5.41) is 11.0. The zero-order chi connectivity index (χ0) is 29.3. The molecule has 1 saturated heterocycles. The number of amides is 2. The molecule has 1 heterocycles. The molecule has 0 spiro atoms. The number of phenolic OH excluding ortho intramolecular Hbond substituents is 1. The molecule has 0 aromatic heterocycles. The number of fused-ring (bicyclic) bond motifs is 3. The zero-order valence-corrected chi connectivity index (χ0v) is 24.7. The fourth-order valence-corrected chi connectivity index (χ4v) is 7.26. The van der Waals surface area contributed by atoms with Crippen LogP contribution >= 0.6 is 27.5 Å². The van der Waals surface area contributed by atoms with E-state index in [2.05, 4.69) is 15.9 Å². The van der Waals surface area contributed by atoms with E-state index in [-0.39, 0.29) is 51.5 Å². The monoisotopic (exact) mass is 637 g/mol. The largest absolute Gasteiger partial charge is 0.502 e. The van der Waals surface area contributed by atoms with Crippen molar-refractivity contribution >= 4 is 56.6 Å². The molecule has 8 nitrogen and oxygen atoms in total. The Labute approximate surface area is 249 Å². The van der Waals surface area contributed by atoms with Gasteiger partial charge >= 0.3 is 0 Å². The van der Waals surface area contributed by atoms with E-state index >= 15 is 0 Å². The highest BCUT2D eigenvalue weighted by atomic mass is 79.9. The Morgan fingerprint density at radius 1 is 1.00 bits per heavy atom. The summed E-state index contributed by atoms with van der Waals surface area (Å²) in [6.07, 6.45) is 3.63. The van der Waals surface area contributed by atoms with Gasteiger partial charge in [0.25, 0.3) is 0 Å². The van der Waals surface area contributed by atoms with E-state index in [0.717, 1.165) is 11.1 Å². The van der Waals surface area contributed by atoms with Gasteiger partial charge < -0.3 is 14.6 Å². The minimum Gasteiger partial charge on any atom is -0.502 e. The third-order valence-corrected chi connectivity index (χ3v) is 9.58. The normalized spacial score (nSPS) is 25.4. The molecule has 0 bridgehead atoms. The number of phenols is 1. The van der Waals surface area contributed by atoms with E-state index in [9.17, 15) is 24.3 Å². The lowest BCUT2D eigenvalue weighted by molar-refractivity contribution is -0.123. The highest BCUT2D eigenvalue weighted by Gasteiger charge is 2.56.